The normalized spacial score (nSPS) is 19.3. The molecule has 0 bridgehead atoms. The zero-order chi connectivity index (χ0) is 17.3. The fourth-order valence-corrected chi connectivity index (χ4v) is 4.90. The molecule has 0 aliphatic carbocycles. The standard InChI is InChI=1S/C15H19N3O4S2/c1-22-11-7-5-8-12-13(11)16-15(23-12)17-14(19)10-6-3-4-9-18(10)24(2,20)21/h5,7-8,10H,3-4,6,9H2,1-2H3,(H,16,17,19). The first kappa shape index (κ1) is 17.1. The van der Waals surface area contributed by atoms with E-state index in [1.807, 2.05) is 12.1 Å². The monoisotopic (exact) mass is 369 g/mol. The zero-order valence-electron chi connectivity index (χ0n) is 13.5. The molecule has 1 saturated heterocycles. The number of sulfonamides is 1. The molecule has 7 nitrogen and oxygen atoms in total. The minimum atomic E-state index is -3.41. The second-order valence-corrected chi connectivity index (χ2v) is 8.67. The second-order valence-electron chi connectivity index (χ2n) is 5.70. The summed E-state index contributed by atoms with van der Waals surface area (Å²) in [7, 11) is -1.84. The third-order valence-electron chi connectivity index (χ3n) is 4.01. The lowest BCUT2D eigenvalue weighted by molar-refractivity contribution is -0.120. The van der Waals surface area contributed by atoms with Crippen LogP contribution in [0.15, 0.2) is 18.2 Å². The van der Waals surface area contributed by atoms with Crippen LogP contribution in [0.4, 0.5) is 5.13 Å². The number of benzene rings is 1. The molecule has 1 N–H and O–H groups in total. The highest BCUT2D eigenvalue weighted by molar-refractivity contribution is 7.88. The van der Waals surface area contributed by atoms with Gasteiger partial charge in [-0.1, -0.05) is 23.8 Å². The van der Waals surface area contributed by atoms with Gasteiger partial charge in [0.25, 0.3) is 0 Å². The minimum absolute atomic E-state index is 0.335. The van der Waals surface area contributed by atoms with Gasteiger partial charge in [0.05, 0.1) is 18.1 Å². The zero-order valence-corrected chi connectivity index (χ0v) is 15.1. The molecule has 1 aliphatic heterocycles. The molecule has 24 heavy (non-hydrogen) atoms. The number of hydrogen-bond donors (Lipinski definition) is 1. The third-order valence-corrected chi connectivity index (χ3v) is 6.24. The molecule has 1 amide bonds. The number of piperidine rings is 1. The summed E-state index contributed by atoms with van der Waals surface area (Å²) < 4.78 is 31.2. The van der Waals surface area contributed by atoms with E-state index in [2.05, 4.69) is 10.3 Å². The van der Waals surface area contributed by atoms with Crippen molar-refractivity contribution in [2.45, 2.75) is 25.3 Å². The van der Waals surface area contributed by atoms with Gasteiger partial charge in [0.15, 0.2) is 5.13 Å². The Labute approximate surface area is 144 Å². The fraction of sp³-hybridized carbons (Fsp3) is 0.467. The molecule has 1 aromatic heterocycles. The number of fused-ring (bicyclic) bond motifs is 1. The average Bonchev–Trinajstić information content (AvgIpc) is 2.96. The first-order valence-electron chi connectivity index (χ1n) is 7.61. The van der Waals surface area contributed by atoms with Crippen molar-refractivity contribution >= 4 is 42.6 Å². The van der Waals surface area contributed by atoms with Crippen LogP contribution in [-0.4, -0.2) is 49.6 Å². The number of nitrogens with zero attached hydrogens (tertiary/aromatic N) is 2. The van der Waals surface area contributed by atoms with Gasteiger partial charge in [-0.25, -0.2) is 13.4 Å². The lowest BCUT2D eigenvalue weighted by Crippen LogP contribution is -2.49. The summed E-state index contributed by atoms with van der Waals surface area (Å²) in [6, 6.07) is 4.88. The third kappa shape index (κ3) is 3.38. The van der Waals surface area contributed by atoms with Crippen LogP contribution < -0.4 is 10.1 Å². The van der Waals surface area contributed by atoms with Crippen LogP contribution in [0.5, 0.6) is 5.75 Å². The summed E-state index contributed by atoms with van der Waals surface area (Å²) in [6.45, 7) is 0.380. The Kier molecular flexibility index (Phi) is 4.75. The molecule has 0 spiro atoms. The highest BCUT2D eigenvalue weighted by atomic mass is 32.2. The van der Waals surface area contributed by atoms with E-state index >= 15 is 0 Å². The first-order chi connectivity index (χ1) is 11.4. The molecule has 130 valence electrons. The fourth-order valence-electron chi connectivity index (χ4n) is 2.89. The molecule has 3 rings (SSSR count). The molecular weight excluding hydrogens is 350 g/mol. The van der Waals surface area contributed by atoms with Crippen molar-refractivity contribution in [3.8, 4) is 5.75 Å². The first-order valence-corrected chi connectivity index (χ1v) is 10.3. The van der Waals surface area contributed by atoms with Crippen LogP contribution in [0.25, 0.3) is 10.2 Å². The predicted octanol–water partition coefficient (Wildman–Crippen LogP) is 2.06. The maximum atomic E-state index is 12.6. The Morgan fingerprint density at radius 2 is 2.21 bits per heavy atom. The number of ether oxygens (including phenoxy) is 1. The van der Waals surface area contributed by atoms with Crippen molar-refractivity contribution in [2.75, 3.05) is 25.2 Å². The summed E-state index contributed by atoms with van der Waals surface area (Å²) in [5.74, 6) is 0.304. The van der Waals surface area contributed by atoms with Gasteiger partial charge in [-0.05, 0) is 25.0 Å². The Balaban J connectivity index is 1.83. The highest BCUT2D eigenvalue weighted by Crippen LogP contribution is 2.32. The molecule has 1 fully saturated rings. The topological polar surface area (TPSA) is 88.6 Å². The van der Waals surface area contributed by atoms with Crippen LogP contribution in [0, 0.1) is 0 Å². The number of methoxy groups -OCH3 is 1. The van der Waals surface area contributed by atoms with E-state index in [0.717, 1.165) is 23.8 Å². The Morgan fingerprint density at radius 1 is 1.42 bits per heavy atom. The molecule has 2 aromatic rings. The molecule has 1 atom stereocenters. The molecule has 9 heteroatoms. The quantitative estimate of drug-likeness (QED) is 0.891. The summed E-state index contributed by atoms with van der Waals surface area (Å²) in [5, 5.41) is 3.20. The summed E-state index contributed by atoms with van der Waals surface area (Å²) >= 11 is 1.34. The van der Waals surface area contributed by atoms with Gasteiger partial charge in [0.1, 0.15) is 17.3 Å². The second kappa shape index (κ2) is 6.66. The number of carbonyl (C=O) groups excluding carboxylic acids is 1. The number of aromatic nitrogens is 1. The number of amides is 1. The molecular formula is C15H19N3O4S2. The molecule has 1 aliphatic rings. The van der Waals surface area contributed by atoms with Gasteiger partial charge in [0.2, 0.25) is 15.9 Å². The molecule has 0 saturated carbocycles. The van der Waals surface area contributed by atoms with E-state index in [9.17, 15) is 13.2 Å². The SMILES string of the molecule is COc1cccc2sc(NC(=O)C3CCCCN3S(C)(=O)=O)nc12. The van der Waals surface area contributed by atoms with Crippen LogP contribution in [0.1, 0.15) is 19.3 Å². The van der Waals surface area contributed by atoms with Gasteiger partial charge in [0, 0.05) is 6.54 Å². The maximum absolute atomic E-state index is 12.6. The van der Waals surface area contributed by atoms with Crippen LogP contribution in [0.3, 0.4) is 0 Å². The van der Waals surface area contributed by atoms with Gasteiger partial charge < -0.3 is 10.1 Å². The van der Waals surface area contributed by atoms with Crippen molar-refractivity contribution < 1.29 is 17.9 Å². The predicted molar refractivity (Wildman–Crippen MR) is 94.0 cm³/mol. The van der Waals surface area contributed by atoms with Crippen molar-refractivity contribution in [3.63, 3.8) is 0 Å². The van der Waals surface area contributed by atoms with Gasteiger partial charge >= 0.3 is 0 Å². The molecule has 1 aromatic carbocycles. The van der Waals surface area contributed by atoms with Crippen molar-refractivity contribution in [2.24, 2.45) is 0 Å². The Morgan fingerprint density at radius 3 is 2.92 bits per heavy atom. The number of anilines is 1. The van der Waals surface area contributed by atoms with Gasteiger partial charge in [-0.15, -0.1) is 0 Å². The lowest BCUT2D eigenvalue weighted by atomic mass is 10.0. The van der Waals surface area contributed by atoms with Crippen molar-refractivity contribution in [1.82, 2.24) is 9.29 Å². The van der Waals surface area contributed by atoms with E-state index in [1.54, 1.807) is 13.2 Å². The van der Waals surface area contributed by atoms with E-state index in [-0.39, 0.29) is 5.91 Å². The smallest absolute Gasteiger partial charge is 0.244 e. The summed E-state index contributed by atoms with van der Waals surface area (Å²) in [5.41, 5.74) is 0.684. The Bertz CT molecular complexity index is 863. The number of nitrogens with one attached hydrogen (secondary N) is 1. The number of hydrogen-bond acceptors (Lipinski definition) is 6. The number of rotatable bonds is 4. The molecule has 2 heterocycles. The highest BCUT2D eigenvalue weighted by Gasteiger charge is 2.34. The number of para-hydroxylation sites is 1. The van der Waals surface area contributed by atoms with Gasteiger partial charge in [-0.3, -0.25) is 4.79 Å². The maximum Gasteiger partial charge on any atom is 0.244 e. The van der Waals surface area contributed by atoms with E-state index in [4.69, 9.17) is 4.74 Å². The largest absolute Gasteiger partial charge is 0.494 e. The van der Waals surface area contributed by atoms with E-state index in [0.29, 0.717) is 29.4 Å². The minimum Gasteiger partial charge on any atom is -0.494 e. The summed E-state index contributed by atoms with van der Waals surface area (Å²) in [4.78, 5) is 17.0. The van der Waals surface area contributed by atoms with Crippen molar-refractivity contribution in [3.05, 3.63) is 18.2 Å². The Hall–Kier alpha value is -1.71. The molecule has 1 unspecified atom stereocenters. The molecule has 0 radical (unpaired) electrons. The van der Waals surface area contributed by atoms with Crippen molar-refractivity contribution in [1.29, 1.82) is 0 Å². The van der Waals surface area contributed by atoms with E-state index in [1.165, 1.54) is 15.6 Å². The average molecular weight is 369 g/mol. The number of carbonyl (C=O) groups is 1. The van der Waals surface area contributed by atoms with Crippen LogP contribution >= 0.6 is 11.3 Å². The van der Waals surface area contributed by atoms with E-state index < -0.39 is 16.1 Å². The van der Waals surface area contributed by atoms with Crippen LogP contribution in [-0.2, 0) is 14.8 Å². The number of thiazole rings is 1. The summed E-state index contributed by atoms with van der Waals surface area (Å²) in [6.07, 6.45) is 3.27. The van der Waals surface area contributed by atoms with Gasteiger partial charge in [-0.2, -0.15) is 4.31 Å². The van der Waals surface area contributed by atoms with Crippen LogP contribution in [0.2, 0.25) is 0 Å². The lowest BCUT2D eigenvalue weighted by Gasteiger charge is -2.32.